The summed E-state index contributed by atoms with van der Waals surface area (Å²) in [6.45, 7) is 0.861. The average Bonchev–Trinajstić information content (AvgIpc) is 2.20. The first-order valence-corrected chi connectivity index (χ1v) is 4.25. The first kappa shape index (κ1) is 10.9. The summed E-state index contributed by atoms with van der Waals surface area (Å²) in [6.07, 6.45) is 0. The number of aliphatic hydroxyl groups is 3. The van der Waals surface area contributed by atoms with Crippen LogP contribution in [0.5, 0.6) is 0 Å². The van der Waals surface area contributed by atoms with Crippen molar-refractivity contribution in [2.45, 2.75) is 26.7 Å². The number of nitrogens with zero attached hydrogens (tertiary/aromatic N) is 1. The predicted molar refractivity (Wildman–Crippen MR) is 51.2 cm³/mol. The van der Waals surface area contributed by atoms with E-state index in [4.69, 9.17) is 21.1 Å². The minimum Gasteiger partial charge on any atom is -0.397 e. The molecule has 0 aliphatic rings. The van der Waals surface area contributed by atoms with E-state index in [-0.39, 0.29) is 19.8 Å². The summed E-state index contributed by atoms with van der Waals surface area (Å²) in [5.41, 5.74) is 7.83. The first-order chi connectivity index (χ1) is 6.65. The van der Waals surface area contributed by atoms with E-state index < -0.39 is 0 Å². The molecule has 1 aromatic heterocycles. The van der Waals surface area contributed by atoms with Crippen molar-refractivity contribution < 1.29 is 15.3 Å². The Morgan fingerprint density at radius 1 is 1.07 bits per heavy atom. The van der Waals surface area contributed by atoms with Crippen LogP contribution in [0.1, 0.15) is 22.5 Å². The van der Waals surface area contributed by atoms with Crippen LogP contribution in [-0.2, 0) is 19.8 Å². The molecule has 0 saturated carbocycles. The van der Waals surface area contributed by atoms with Gasteiger partial charge in [0.25, 0.3) is 0 Å². The maximum absolute atomic E-state index is 9.07. The molecule has 14 heavy (non-hydrogen) atoms. The number of hydrogen-bond acceptors (Lipinski definition) is 5. The van der Waals surface area contributed by atoms with E-state index >= 15 is 0 Å². The van der Waals surface area contributed by atoms with Crippen molar-refractivity contribution in [3.63, 3.8) is 0 Å². The van der Waals surface area contributed by atoms with Crippen LogP contribution in [0.3, 0.4) is 0 Å². The van der Waals surface area contributed by atoms with Gasteiger partial charge in [-0.05, 0) is 6.92 Å². The second kappa shape index (κ2) is 4.36. The van der Waals surface area contributed by atoms with Gasteiger partial charge in [0, 0.05) is 11.1 Å². The Morgan fingerprint density at radius 3 is 2.07 bits per heavy atom. The van der Waals surface area contributed by atoms with Crippen LogP contribution in [0.4, 0.5) is 5.69 Å². The molecule has 0 fully saturated rings. The van der Waals surface area contributed by atoms with Crippen LogP contribution < -0.4 is 5.73 Å². The molecule has 0 spiro atoms. The fraction of sp³-hybridized carbons (Fsp3) is 0.444. The van der Waals surface area contributed by atoms with E-state index in [1.165, 1.54) is 0 Å². The molecule has 0 aliphatic carbocycles. The Labute approximate surface area is 81.8 Å². The highest BCUT2D eigenvalue weighted by molar-refractivity contribution is 5.54. The normalized spacial score (nSPS) is 10.6. The van der Waals surface area contributed by atoms with Crippen molar-refractivity contribution in [2.24, 2.45) is 0 Å². The topological polar surface area (TPSA) is 99.6 Å². The Hall–Kier alpha value is -1.17. The van der Waals surface area contributed by atoms with Gasteiger partial charge in [-0.3, -0.25) is 4.98 Å². The number of aliphatic hydroxyl groups excluding tert-OH is 3. The van der Waals surface area contributed by atoms with Gasteiger partial charge in [0.1, 0.15) is 0 Å². The van der Waals surface area contributed by atoms with E-state index in [1.807, 2.05) is 0 Å². The highest BCUT2D eigenvalue weighted by Gasteiger charge is 2.13. The molecule has 5 heteroatoms. The Balaban J connectivity index is 3.42. The van der Waals surface area contributed by atoms with Gasteiger partial charge >= 0.3 is 0 Å². The highest BCUT2D eigenvalue weighted by atomic mass is 16.3. The molecule has 1 aromatic rings. The molecule has 0 amide bonds. The zero-order chi connectivity index (χ0) is 10.7. The minimum absolute atomic E-state index is 0.266. The highest BCUT2D eigenvalue weighted by Crippen LogP contribution is 2.22. The molecule has 0 aromatic carbocycles. The summed E-state index contributed by atoms with van der Waals surface area (Å²) in [5, 5.41) is 27.1. The smallest absolute Gasteiger partial charge is 0.0856 e. The standard InChI is InChI=1S/C9H14N2O3/c1-5-9(10)7(3-13)6(2-12)8(4-14)11-5/h12-14H,2-4,10H2,1H3. The summed E-state index contributed by atoms with van der Waals surface area (Å²) in [5.74, 6) is 0. The van der Waals surface area contributed by atoms with E-state index in [0.717, 1.165) is 0 Å². The van der Waals surface area contributed by atoms with E-state index in [1.54, 1.807) is 6.92 Å². The molecule has 0 bridgehead atoms. The molecule has 0 atom stereocenters. The zero-order valence-electron chi connectivity index (χ0n) is 7.99. The average molecular weight is 198 g/mol. The first-order valence-electron chi connectivity index (χ1n) is 4.25. The zero-order valence-corrected chi connectivity index (χ0v) is 7.99. The van der Waals surface area contributed by atoms with Gasteiger partial charge in [-0.15, -0.1) is 0 Å². The lowest BCUT2D eigenvalue weighted by atomic mass is 10.0. The van der Waals surface area contributed by atoms with Crippen LogP contribution in [0, 0.1) is 6.92 Å². The maximum Gasteiger partial charge on any atom is 0.0856 e. The number of anilines is 1. The predicted octanol–water partition coefficient (Wildman–Crippen LogP) is -0.551. The molecule has 0 radical (unpaired) electrons. The fourth-order valence-electron chi connectivity index (χ4n) is 1.38. The second-order valence-corrected chi connectivity index (χ2v) is 2.99. The quantitative estimate of drug-likeness (QED) is 0.522. The van der Waals surface area contributed by atoms with Gasteiger partial charge in [0.15, 0.2) is 0 Å². The molecule has 0 aliphatic heterocycles. The Bertz CT molecular complexity index is 339. The molecule has 5 N–H and O–H groups in total. The summed E-state index contributed by atoms with van der Waals surface area (Å²) in [6, 6.07) is 0. The third-order valence-corrected chi connectivity index (χ3v) is 2.20. The van der Waals surface area contributed by atoms with Gasteiger partial charge in [0.05, 0.1) is 36.9 Å². The van der Waals surface area contributed by atoms with Crippen molar-refractivity contribution in [1.29, 1.82) is 0 Å². The second-order valence-electron chi connectivity index (χ2n) is 2.99. The molecule has 0 saturated heterocycles. The van der Waals surface area contributed by atoms with E-state index in [0.29, 0.717) is 28.2 Å². The Kier molecular flexibility index (Phi) is 3.40. The number of pyridine rings is 1. The number of aryl methyl sites for hydroxylation is 1. The van der Waals surface area contributed by atoms with Crippen LogP contribution >= 0.6 is 0 Å². The maximum atomic E-state index is 9.07. The summed E-state index contributed by atoms with van der Waals surface area (Å²) < 4.78 is 0. The van der Waals surface area contributed by atoms with Gasteiger partial charge < -0.3 is 21.1 Å². The molecule has 1 heterocycles. The molecule has 78 valence electrons. The van der Waals surface area contributed by atoms with Crippen molar-refractivity contribution in [1.82, 2.24) is 4.98 Å². The summed E-state index contributed by atoms with van der Waals surface area (Å²) >= 11 is 0. The van der Waals surface area contributed by atoms with Crippen LogP contribution in [0.2, 0.25) is 0 Å². The van der Waals surface area contributed by atoms with E-state index in [9.17, 15) is 0 Å². The molecule has 5 nitrogen and oxygen atoms in total. The SMILES string of the molecule is Cc1nc(CO)c(CO)c(CO)c1N. The molecule has 1 rings (SSSR count). The number of nitrogens with two attached hydrogens (primary N) is 1. The third kappa shape index (κ3) is 1.70. The number of aromatic nitrogens is 1. The van der Waals surface area contributed by atoms with Gasteiger partial charge in [-0.25, -0.2) is 0 Å². The monoisotopic (exact) mass is 198 g/mol. The van der Waals surface area contributed by atoms with Gasteiger partial charge in [-0.2, -0.15) is 0 Å². The minimum atomic E-state index is -0.288. The fourth-order valence-corrected chi connectivity index (χ4v) is 1.38. The lowest BCUT2D eigenvalue weighted by Crippen LogP contribution is -2.09. The molecular weight excluding hydrogens is 184 g/mol. The lowest BCUT2D eigenvalue weighted by molar-refractivity contribution is 0.244. The van der Waals surface area contributed by atoms with Crippen molar-refractivity contribution in [3.05, 3.63) is 22.5 Å². The molecular formula is C9H14N2O3. The van der Waals surface area contributed by atoms with E-state index in [2.05, 4.69) is 4.98 Å². The van der Waals surface area contributed by atoms with Gasteiger partial charge in [0.2, 0.25) is 0 Å². The molecule has 0 unspecified atom stereocenters. The van der Waals surface area contributed by atoms with Crippen molar-refractivity contribution >= 4 is 5.69 Å². The van der Waals surface area contributed by atoms with Crippen molar-refractivity contribution in [3.8, 4) is 0 Å². The van der Waals surface area contributed by atoms with Crippen LogP contribution in [0.15, 0.2) is 0 Å². The van der Waals surface area contributed by atoms with Gasteiger partial charge in [-0.1, -0.05) is 0 Å². The van der Waals surface area contributed by atoms with Crippen LogP contribution in [-0.4, -0.2) is 20.3 Å². The number of nitrogen functional groups attached to an aromatic ring is 1. The largest absolute Gasteiger partial charge is 0.397 e. The third-order valence-electron chi connectivity index (χ3n) is 2.20. The number of rotatable bonds is 3. The number of hydrogen-bond donors (Lipinski definition) is 4. The summed E-state index contributed by atoms with van der Waals surface area (Å²) in [7, 11) is 0. The van der Waals surface area contributed by atoms with Crippen LogP contribution in [0.25, 0.3) is 0 Å². The van der Waals surface area contributed by atoms with Crippen molar-refractivity contribution in [2.75, 3.05) is 5.73 Å². The Morgan fingerprint density at radius 2 is 1.64 bits per heavy atom. The summed E-state index contributed by atoms with van der Waals surface area (Å²) in [4.78, 5) is 4.02. The lowest BCUT2D eigenvalue weighted by Gasteiger charge is -2.13.